The number of piperidine rings is 1. The molecule has 0 radical (unpaired) electrons. The zero-order chi connectivity index (χ0) is 42.4. The van der Waals surface area contributed by atoms with Crippen molar-refractivity contribution in [2.24, 2.45) is 0 Å². The molecule has 14 nitrogen and oxygen atoms in total. The van der Waals surface area contributed by atoms with Crippen LogP contribution in [0, 0.1) is 11.3 Å². The number of amides is 4. The molecule has 4 fully saturated rings. The third kappa shape index (κ3) is 8.05. The molecule has 314 valence electrons. The maximum absolute atomic E-state index is 13.4. The second-order valence-corrected chi connectivity index (χ2v) is 17.6. The van der Waals surface area contributed by atoms with Crippen LogP contribution in [0.3, 0.4) is 0 Å². The van der Waals surface area contributed by atoms with Crippen LogP contribution in [-0.4, -0.2) is 119 Å². The van der Waals surface area contributed by atoms with Gasteiger partial charge in [-0.1, -0.05) is 37.6 Å². The van der Waals surface area contributed by atoms with Crippen molar-refractivity contribution in [2.45, 2.75) is 69.7 Å². The summed E-state index contributed by atoms with van der Waals surface area (Å²) in [4.78, 5) is 71.0. The van der Waals surface area contributed by atoms with Gasteiger partial charge in [-0.3, -0.25) is 39.2 Å². The molecule has 3 atom stereocenters. The highest BCUT2D eigenvalue weighted by molar-refractivity contribution is 6.30. The first-order chi connectivity index (χ1) is 29.4. The van der Waals surface area contributed by atoms with Crippen LogP contribution < -0.4 is 19.9 Å². The molecule has 4 saturated heterocycles. The van der Waals surface area contributed by atoms with Gasteiger partial charge >= 0.3 is 0 Å². The molecule has 4 aromatic rings. The lowest BCUT2D eigenvalue weighted by molar-refractivity contribution is -0.136. The second kappa shape index (κ2) is 16.5. The van der Waals surface area contributed by atoms with E-state index in [9.17, 15) is 24.4 Å². The standard InChI is InChI=1S/C46H48ClN9O5/c1-46(2,31-21-29(25-48)22-32(47)23-31)30-3-6-37(7-4-30)61-28-33-11-14-49-45(50-33)53-19-17-52(18-20-53)35-12-16-55(26-35)36-13-15-54(27-36)34-5-8-38-39(24-34)44(60)56(43(38)59)40-9-10-41(57)51-42(40)58/h3-8,11,14,21-24,35-36,40H,9-10,12-13,15-20,26-28H2,1-2H3,(H,51,57,58). The summed E-state index contributed by atoms with van der Waals surface area (Å²) in [5.41, 5.74) is 4.57. The van der Waals surface area contributed by atoms with Crippen molar-refractivity contribution < 1.29 is 23.9 Å². The molecule has 4 amide bonds. The normalized spacial score (nSPS) is 22.5. The molecule has 15 heteroatoms. The van der Waals surface area contributed by atoms with Gasteiger partial charge in [0.2, 0.25) is 17.8 Å². The molecule has 0 bridgehead atoms. The van der Waals surface area contributed by atoms with Gasteiger partial charge in [-0.15, -0.1) is 0 Å². The molecule has 6 heterocycles. The fraction of sp³-hybridized carbons (Fsp3) is 0.413. The number of halogens is 1. The van der Waals surface area contributed by atoms with Crippen LogP contribution in [0.5, 0.6) is 5.75 Å². The highest BCUT2D eigenvalue weighted by Gasteiger charge is 2.45. The van der Waals surface area contributed by atoms with Crippen LogP contribution in [-0.2, 0) is 21.6 Å². The predicted octanol–water partition coefficient (Wildman–Crippen LogP) is 4.78. The van der Waals surface area contributed by atoms with E-state index in [2.05, 4.69) is 49.8 Å². The maximum Gasteiger partial charge on any atom is 0.262 e. The lowest BCUT2D eigenvalue weighted by Gasteiger charge is -2.38. The minimum absolute atomic E-state index is 0.0942. The Morgan fingerprint density at radius 3 is 2.33 bits per heavy atom. The number of hydrogen-bond acceptors (Lipinski definition) is 12. The zero-order valence-electron chi connectivity index (χ0n) is 34.3. The number of imide groups is 2. The van der Waals surface area contributed by atoms with Gasteiger partial charge in [0.05, 0.1) is 28.5 Å². The monoisotopic (exact) mass is 841 g/mol. The number of piperazine rings is 1. The largest absolute Gasteiger partial charge is 0.487 e. The number of benzene rings is 3. The van der Waals surface area contributed by atoms with Gasteiger partial charge in [0.15, 0.2) is 0 Å². The fourth-order valence-electron chi connectivity index (χ4n) is 9.54. The molecule has 5 aliphatic rings. The number of nitrogens with one attached hydrogen (secondary N) is 1. The van der Waals surface area contributed by atoms with Crippen molar-refractivity contribution in [1.82, 2.24) is 30.0 Å². The number of nitriles is 1. The van der Waals surface area contributed by atoms with Crippen LogP contribution in [0.2, 0.25) is 5.02 Å². The smallest absolute Gasteiger partial charge is 0.262 e. The van der Waals surface area contributed by atoms with Crippen LogP contribution in [0.4, 0.5) is 11.6 Å². The number of aromatic nitrogens is 2. The number of likely N-dealkylation sites (tertiary alicyclic amines) is 1. The number of nitrogens with zero attached hydrogens (tertiary/aromatic N) is 8. The van der Waals surface area contributed by atoms with E-state index in [1.165, 1.54) is 0 Å². The number of carbonyl (C=O) groups is 4. The Balaban J connectivity index is 0.745. The minimum Gasteiger partial charge on any atom is -0.487 e. The Morgan fingerprint density at radius 2 is 1.56 bits per heavy atom. The van der Waals surface area contributed by atoms with Gasteiger partial charge in [-0.05, 0) is 85.0 Å². The molecule has 9 rings (SSSR count). The summed E-state index contributed by atoms with van der Waals surface area (Å²) in [5.74, 6) is -0.491. The van der Waals surface area contributed by atoms with Crippen molar-refractivity contribution >= 4 is 46.9 Å². The Labute approximate surface area is 360 Å². The van der Waals surface area contributed by atoms with E-state index in [-0.39, 0.29) is 24.2 Å². The van der Waals surface area contributed by atoms with E-state index in [4.69, 9.17) is 21.3 Å². The molecule has 5 aliphatic heterocycles. The Kier molecular flexibility index (Phi) is 11.0. The third-order valence-electron chi connectivity index (χ3n) is 13.2. The van der Waals surface area contributed by atoms with Crippen molar-refractivity contribution in [3.63, 3.8) is 0 Å². The van der Waals surface area contributed by atoms with Crippen molar-refractivity contribution in [3.05, 3.63) is 111 Å². The lowest BCUT2D eigenvalue weighted by Crippen LogP contribution is -2.54. The first-order valence-corrected chi connectivity index (χ1v) is 21.4. The summed E-state index contributed by atoms with van der Waals surface area (Å²) in [6.07, 6.45) is 4.17. The molecule has 61 heavy (non-hydrogen) atoms. The SMILES string of the molecule is CC(C)(c1ccc(OCc2ccnc(N3CCN(C4CCN(C5CCN(c6ccc7c(c6)C(=O)N(C6CCC(=O)NC6=O)C7=O)C5)C4)CC3)n2)cc1)c1cc(Cl)cc(C#N)c1. The molecule has 3 aromatic carbocycles. The van der Waals surface area contributed by atoms with Gasteiger partial charge in [0, 0.05) is 93.2 Å². The summed E-state index contributed by atoms with van der Waals surface area (Å²) in [6.45, 7) is 11.9. The Morgan fingerprint density at radius 1 is 0.803 bits per heavy atom. The van der Waals surface area contributed by atoms with Crippen LogP contribution >= 0.6 is 11.6 Å². The summed E-state index contributed by atoms with van der Waals surface area (Å²) >= 11 is 6.31. The van der Waals surface area contributed by atoms with E-state index < -0.39 is 23.8 Å². The van der Waals surface area contributed by atoms with Gasteiger partial charge < -0.3 is 14.5 Å². The quantitative estimate of drug-likeness (QED) is 0.219. The molecular formula is C46H48ClN9O5. The molecule has 3 unspecified atom stereocenters. The van der Waals surface area contributed by atoms with Crippen molar-refractivity contribution in [1.29, 1.82) is 5.26 Å². The first-order valence-electron chi connectivity index (χ1n) is 21.1. The van der Waals surface area contributed by atoms with E-state index in [0.29, 0.717) is 40.4 Å². The summed E-state index contributed by atoms with van der Waals surface area (Å²) in [7, 11) is 0. The van der Waals surface area contributed by atoms with E-state index in [1.807, 2.05) is 48.5 Å². The molecule has 0 saturated carbocycles. The molecule has 0 spiro atoms. The van der Waals surface area contributed by atoms with E-state index >= 15 is 0 Å². The number of fused-ring (bicyclic) bond motifs is 1. The van der Waals surface area contributed by atoms with Crippen LogP contribution in [0.15, 0.2) is 72.9 Å². The van der Waals surface area contributed by atoms with Crippen molar-refractivity contribution in [2.75, 3.05) is 62.2 Å². The lowest BCUT2D eigenvalue weighted by atomic mass is 9.78. The van der Waals surface area contributed by atoms with Crippen LogP contribution in [0.1, 0.15) is 82.6 Å². The summed E-state index contributed by atoms with van der Waals surface area (Å²) in [6, 6.07) is 22.9. The van der Waals surface area contributed by atoms with Crippen LogP contribution in [0.25, 0.3) is 0 Å². The topological polar surface area (TPSA) is 155 Å². The maximum atomic E-state index is 13.4. The van der Waals surface area contributed by atoms with Gasteiger partial charge in [-0.2, -0.15) is 5.26 Å². The minimum atomic E-state index is -0.972. The number of rotatable bonds is 10. The highest BCUT2D eigenvalue weighted by Crippen LogP contribution is 2.36. The number of anilines is 2. The number of hydrogen-bond donors (Lipinski definition) is 1. The first kappa shape index (κ1) is 40.5. The summed E-state index contributed by atoms with van der Waals surface area (Å²) in [5, 5.41) is 12.2. The fourth-order valence-corrected chi connectivity index (χ4v) is 9.77. The second-order valence-electron chi connectivity index (χ2n) is 17.2. The average molecular weight is 842 g/mol. The van der Waals surface area contributed by atoms with Gasteiger partial charge in [0.1, 0.15) is 18.4 Å². The number of ether oxygens (including phenoxy) is 1. The Hall–Kier alpha value is -5.88. The average Bonchev–Trinajstić information content (AvgIpc) is 4.02. The zero-order valence-corrected chi connectivity index (χ0v) is 35.1. The predicted molar refractivity (Wildman–Crippen MR) is 229 cm³/mol. The van der Waals surface area contributed by atoms with E-state index in [0.717, 1.165) is 104 Å². The third-order valence-corrected chi connectivity index (χ3v) is 13.4. The highest BCUT2D eigenvalue weighted by atomic mass is 35.5. The number of carbonyl (C=O) groups excluding carboxylic acids is 4. The molecule has 1 aromatic heterocycles. The summed E-state index contributed by atoms with van der Waals surface area (Å²) < 4.78 is 6.15. The van der Waals surface area contributed by atoms with E-state index in [1.54, 1.807) is 24.4 Å². The van der Waals surface area contributed by atoms with Gasteiger partial charge in [0.25, 0.3) is 11.8 Å². The molecule has 0 aliphatic carbocycles. The molecular weight excluding hydrogens is 794 g/mol. The molecule has 1 N–H and O–H groups in total. The Bertz CT molecular complexity index is 2430. The van der Waals surface area contributed by atoms with Crippen molar-refractivity contribution in [3.8, 4) is 11.8 Å². The van der Waals surface area contributed by atoms with Gasteiger partial charge in [-0.25, -0.2) is 9.97 Å².